The molecule has 7 nitrogen and oxygen atoms in total. The summed E-state index contributed by atoms with van der Waals surface area (Å²) in [5.74, 6) is 2.57. The molecule has 1 saturated heterocycles. The average molecular weight is 404 g/mol. The number of rotatable bonds is 5. The summed E-state index contributed by atoms with van der Waals surface area (Å²) in [5.41, 5.74) is 2.83. The second-order valence-electron chi connectivity index (χ2n) is 8.03. The number of anilines is 1. The van der Waals surface area contributed by atoms with E-state index in [1.54, 1.807) is 4.90 Å². The molecule has 154 valence electrons. The summed E-state index contributed by atoms with van der Waals surface area (Å²) in [5, 5.41) is 7.03. The maximum Gasteiger partial charge on any atom is 0.321 e. The van der Waals surface area contributed by atoms with Crippen LogP contribution in [0.5, 0.6) is 5.75 Å². The van der Waals surface area contributed by atoms with Gasteiger partial charge in [0.15, 0.2) is 0 Å². The number of hydrogen-bond acceptors (Lipinski definition) is 5. The number of amides is 2. The molecular formula is C23H24N4O3. The van der Waals surface area contributed by atoms with Crippen molar-refractivity contribution < 1.29 is 14.1 Å². The first-order chi connectivity index (χ1) is 14.6. The Kier molecular flexibility index (Phi) is 4.86. The lowest BCUT2D eigenvalue weighted by Crippen LogP contribution is -2.34. The lowest BCUT2D eigenvalue weighted by molar-refractivity contribution is 0.195. The SMILES string of the molecule is Cc1cccc(NC(=O)N2CCC(Oc3ccc(-c4noc(C5CC5)n4)cc3)C2)c1. The van der Waals surface area contributed by atoms with E-state index in [1.165, 1.54) is 0 Å². The number of benzene rings is 2. The summed E-state index contributed by atoms with van der Waals surface area (Å²) in [7, 11) is 0. The summed E-state index contributed by atoms with van der Waals surface area (Å²) in [6, 6.07) is 15.4. The Morgan fingerprint density at radius 1 is 1.17 bits per heavy atom. The van der Waals surface area contributed by atoms with Crippen molar-refractivity contribution in [2.45, 2.75) is 38.2 Å². The minimum atomic E-state index is -0.0920. The van der Waals surface area contributed by atoms with Crippen LogP contribution in [0.2, 0.25) is 0 Å². The molecule has 2 aliphatic rings. The molecule has 1 saturated carbocycles. The maximum absolute atomic E-state index is 12.5. The Morgan fingerprint density at radius 3 is 2.77 bits per heavy atom. The van der Waals surface area contributed by atoms with Crippen molar-refractivity contribution in [2.75, 3.05) is 18.4 Å². The predicted molar refractivity (Wildman–Crippen MR) is 113 cm³/mol. The van der Waals surface area contributed by atoms with E-state index in [0.29, 0.717) is 24.8 Å². The third kappa shape index (κ3) is 4.15. The van der Waals surface area contributed by atoms with Crippen molar-refractivity contribution in [1.29, 1.82) is 0 Å². The van der Waals surface area contributed by atoms with Crippen LogP contribution in [-0.2, 0) is 0 Å². The van der Waals surface area contributed by atoms with Gasteiger partial charge in [-0.2, -0.15) is 4.98 Å². The van der Waals surface area contributed by atoms with Crippen LogP contribution in [0.25, 0.3) is 11.4 Å². The molecule has 2 amide bonds. The Labute approximate surface area is 175 Å². The number of likely N-dealkylation sites (tertiary alicyclic amines) is 1. The smallest absolute Gasteiger partial charge is 0.321 e. The molecule has 1 aromatic heterocycles. The molecule has 1 atom stereocenters. The first-order valence-electron chi connectivity index (χ1n) is 10.4. The van der Waals surface area contributed by atoms with E-state index < -0.39 is 0 Å². The van der Waals surface area contributed by atoms with Crippen molar-refractivity contribution in [1.82, 2.24) is 15.0 Å². The lowest BCUT2D eigenvalue weighted by atomic mass is 10.2. The molecule has 2 aromatic carbocycles. The van der Waals surface area contributed by atoms with Crippen LogP contribution in [0.15, 0.2) is 53.1 Å². The molecule has 3 aromatic rings. The van der Waals surface area contributed by atoms with E-state index in [0.717, 1.165) is 47.7 Å². The molecule has 2 heterocycles. The topological polar surface area (TPSA) is 80.5 Å². The van der Waals surface area contributed by atoms with Crippen LogP contribution >= 0.6 is 0 Å². The molecule has 2 fully saturated rings. The Hall–Kier alpha value is -3.35. The summed E-state index contributed by atoms with van der Waals surface area (Å²) in [4.78, 5) is 18.8. The highest BCUT2D eigenvalue weighted by Crippen LogP contribution is 2.39. The number of urea groups is 1. The Bertz CT molecular complexity index is 1040. The Balaban J connectivity index is 1.16. The minimum absolute atomic E-state index is 0.0225. The van der Waals surface area contributed by atoms with Crippen molar-refractivity contribution in [3.05, 3.63) is 60.0 Å². The molecule has 1 aliphatic heterocycles. The van der Waals surface area contributed by atoms with Gasteiger partial charge in [0.05, 0.1) is 6.54 Å². The van der Waals surface area contributed by atoms with Gasteiger partial charge >= 0.3 is 6.03 Å². The van der Waals surface area contributed by atoms with Crippen molar-refractivity contribution in [3.63, 3.8) is 0 Å². The van der Waals surface area contributed by atoms with E-state index in [9.17, 15) is 4.79 Å². The molecule has 0 radical (unpaired) electrons. The van der Waals surface area contributed by atoms with Gasteiger partial charge in [0.2, 0.25) is 11.7 Å². The zero-order valence-corrected chi connectivity index (χ0v) is 16.9. The zero-order chi connectivity index (χ0) is 20.5. The molecule has 0 spiro atoms. The van der Waals surface area contributed by atoms with Crippen molar-refractivity contribution in [3.8, 4) is 17.1 Å². The van der Waals surface area contributed by atoms with Gasteiger partial charge in [-0.1, -0.05) is 17.3 Å². The normalized spacial score (nSPS) is 18.4. The second kappa shape index (κ2) is 7.82. The fraction of sp³-hybridized carbons (Fsp3) is 0.348. The summed E-state index contributed by atoms with van der Waals surface area (Å²) in [6.07, 6.45) is 3.05. The van der Waals surface area contributed by atoms with Gasteiger partial charge in [0.1, 0.15) is 11.9 Å². The third-order valence-electron chi connectivity index (χ3n) is 5.49. The molecule has 30 heavy (non-hydrogen) atoms. The maximum atomic E-state index is 12.5. The van der Waals surface area contributed by atoms with Crippen molar-refractivity contribution in [2.24, 2.45) is 0 Å². The number of aryl methyl sites for hydroxylation is 1. The highest BCUT2D eigenvalue weighted by Gasteiger charge is 2.30. The van der Waals surface area contributed by atoms with Crippen LogP contribution in [0.1, 0.15) is 36.6 Å². The number of nitrogens with zero attached hydrogens (tertiary/aromatic N) is 3. The minimum Gasteiger partial charge on any atom is -0.489 e. The van der Waals surface area contributed by atoms with Crippen LogP contribution in [0, 0.1) is 6.92 Å². The number of aromatic nitrogens is 2. The van der Waals surface area contributed by atoms with Gasteiger partial charge in [0.25, 0.3) is 0 Å². The van der Waals surface area contributed by atoms with Gasteiger partial charge in [-0.25, -0.2) is 4.79 Å². The number of nitrogens with one attached hydrogen (secondary N) is 1. The van der Waals surface area contributed by atoms with Crippen LogP contribution in [-0.4, -0.2) is 40.3 Å². The van der Waals surface area contributed by atoms with Crippen molar-refractivity contribution >= 4 is 11.7 Å². The number of carbonyl (C=O) groups is 1. The van der Waals surface area contributed by atoms with Crippen LogP contribution in [0.4, 0.5) is 10.5 Å². The molecular weight excluding hydrogens is 380 g/mol. The Morgan fingerprint density at radius 2 is 2.00 bits per heavy atom. The average Bonchev–Trinajstić information content (AvgIpc) is 3.28. The summed E-state index contributed by atoms with van der Waals surface area (Å²) >= 11 is 0. The van der Waals surface area contributed by atoms with Gasteiger partial charge < -0.3 is 19.5 Å². The second-order valence-corrected chi connectivity index (χ2v) is 8.03. The molecule has 1 aliphatic carbocycles. The molecule has 1 N–H and O–H groups in total. The fourth-order valence-corrected chi connectivity index (χ4v) is 3.66. The number of carbonyl (C=O) groups excluding carboxylic acids is 1. The number of hydrogen-bond donors (Lipinski definition) is 1. The molecule has 0 bridgehead atoms. The quantitative estimate of drug-likeness (QED) is 0.672. The molecule has 7 heteroatoms. The van der Waals surface area contributed by atoms with E-state index >= 15 is 0 Å². The highest BCUT2D eigenvalue weighted by atomic mass is 16.5. The first-order valence-corrected chi connectivity index (χ1v) is 10.4. The standard InChI is InChI=1S/C23H24N4O3/c1-15-3-2-4-18(13-15)24-23(28)27-12-11-20(14-27)29-19-9-7-16(8-10-19)21-25-22(30-26-21)17-5-6-17/h2-4,7-10,13,17,20H,5-6,11-12,14H2,1H3,(H,24,28). The van der Waals surface area contributed by atoms with Gasteiger partial charge in [0, 0.05) is 30.1 Å². The largest absolute Gasteiger partial charge is 0.489 e. The zero-order valence-electron chi connectivity index (χ0n) is 16.9. The van der Waals surface area contributed by atoms with E-state index in [2.05, 4.69) is 15.5 Å². The first kappa shape index (κ1) is 18.7. The molecule has 5 rings (SSSR count). The number of ether oxygens (including phenoxy) is 1. The lowest BCUT2D eigenvalue weighted by Gasteiger charge is -2.18. The van der Waals surface area contributed by atoms with Crippen LogP contribution in [0.3, 0.4) is 0 Å². The third-order valence-corrected chi connectivity index (χ3v) is 5.49. The summed E-state index contributed by atoms with van der Waals surface area (Å²) < 4.78 is 11.4. The predicted octanol–water partition coefficient (Wildman–Crippen LogP) is 4.61. The van der Waals surface area contributed by atoms with E-state index in [1.807, 2.05) is 55.5 Å². The van der Waals surface area contributed by atoms with Gasteiger partial charge in [-0.05, 0) is 61.7 Å². The highest BCUT2D eigenvalue weighted by molar-refractivity contribution is 5.89. The monoisotopic (exact) mass is 404 g/mol. The molecule has 1 unspecified atom stereocenters. The van der Waals surface area contributed by atoms with Gasteiger partial charge in [-0.3, -0.25) is 0 Å². The van der Waals surface area contributed by atoms with E-state index in [4.69, 9.17) is 9.26 Å². The van der Waals surface area contributed by atoms with Crippen LogP contribution < -0.4 is 10.1 Å². The van der Waals surface area contributed by atoms with Gasteiger partial charge in [-0.15, -0.1) is 0 Å². The summed E-state index contributed by atoms with van der Waals surface area (Å²) in [6.45, 7) is 3.24. The fourth-order valence-electron chi connectivity index (χ4n) is 3.66. The van der Waals surface area contributed by atoms with E-state index in [-0.39, 0.29) is 12.1 Å².